The molecule has 0 aliphatic rings. The van der Waals surface area contributed by atoms with Crippen LogP contribution in [0.1, 0.15) is 23.0 Å². The number of halogens is 1. The summed E-state index contributed by atoms with van der Waals surface area (Å²) in [6, 6.07) is 13.2. The van der Waals surface area contributed by atoms with Crippen molar-refractivity contribution in [1.29, 1.82) is 0 Å². The Bertz CT molecular complexity index is 831. The van der Waals surface area contributed by atoms with Gasteiger partial charge in [0.05, 0.1) is 6.61 Å². The number of furan rings is 1. The zero-order chi connectivity index (χ0) is 15.7. The van der Waals surface area contributed by atoms with Crippen LogP contribution in [0.4, 0.5) is 0 Å². The number of carbonyl (C=O) groups is 1. The number of hydrogen-bond donors (Lipinski definition) is 0. The van der Waals surface area contributed by atoms with Gasteiger partial charge in [-0.2, -0.15) is 0 Å². The van der Waals surface area contributed by atoms with Gasteiger partial charge in [0.1, 0.15) is 5.58 Å². The number of hydrogen-bond acceptors (Lipinski definition) is 3. The number of carbonyl (C=O) groups excluding carboxylic acids is 1. The van der Waals surface area contributed by atoms with Crippen LogP contribution in [-0.4, -0.2) is 12.6 Å². The molecule has 112 valence electrons. The van der Waals surface area contributed by atoms with E-state index in [1.165, 1.54) is 0 Å². The topological polar surface area (TPSA) is 39.4 Å². The highest BCUT2D eigenvalue weighted by Gasteiger charge is 2.23. The van der Waals surface area contributed by atoms with Crippen LogP contribution in [0, 0.1) is 6.92 Å². The molecule has 0 atom stereocenters. The monoisotopic (exact) mass is 314 g/mol. The molecule has 0 N–H and O–H groups in total. The minimum absolute atomic E-state index is 0.227. The highest BCUT2D eigenvalue weighted by molar-refractivity contribution is 6.30. The molecule has 3 nitrogen and oxygen atoms in total. The van der Waals surface area contributed by atoms with Gasteiger partial charge in [0, 0.05) is 16.0 Å². The predicted octanol–water partition coefficient (Wildman–Crippen LogP) is 5.24. The third-order valence-corrected chi connectivity index (χ3v) is 3.69. The molecule has 2 aromatic carbocycles. The van der Waals surface area contributed by atoms with Crippen molar-refractivity contribution < 1.29 is 13.9 Å². The van der Waals surface area contributed by atoms with Gasteiger partial charge in [-0.05, 0) is 43.7 Å². The summed E-state index contributed by atoms with van der Waals surface area (Å²) in [6.45, 7) is 4.07. The molecule has 4 heteroatoms. The minimum atomic E-state index is -0.457. The second-order valence-electron chi connectivity index (χ2n) is 5.03. The Morgan fingerprint density at radius 2 is 1.91 bits per heavy atom. The van der Waals surface area contributed by atoms with Crippen molar-refractivity contribution in [2.45, 2.75) is 13.8 Å². The van der Waals surface area contributed by atoms with E-state index in [0.29, 0.717) is 17.2 Å². The van der Waals surface area contributed by atoms with Gasteiger partial charge in [-0.1, -0.05) is 35.4 Å². The van der Waals surface area contributed by atoms with E-state index in [9.17, 15) is 4.79 Å². The van der Waals surface area contributed by atoms with E-state index in [2.05, 4.69) is 0 Å². The predicted molar refractivity (Wildman–Crippen MR) is 87.4 cm³/mol. The molecule has 0 bridgehead atoms. The zero-order valence-corrected chi connectivity index (χ0v) is 13.1. The molecule has 0 radical (unpaired) electrons. The summed E-state index contributed by atoms with van der Waals surface area (Å²) in [5, 5.41) is 1.54. The van der Waals surface area contributed by atoms with Crippen molar-refractivity contribution in [3.05, 3.63) is 58.8 Å². The van der Waals surface area contributed by atoms with Crippen molar-refractivity contribution in [1.82, 2.24) is 0 Å². The first-order valence-corrected chi connectivity index (χ1v) is 7.44. The maximum Gasteiger partial charge on any atom is 0.374 e. The van der Waals surface area contributed by atoms with Crippen LogP contribution < -0.4 is 0 Å². The van der Waals surface area contributed by atoms with Crippen LogP contribution in [0.3, 0.4) is 0 Å². The molecule has 1 heterocycles. The fourth-order valence-corrected chi connectivity index (χ4v) is 2.58. The second kappa shape index (κ2) is 5.85. The number of fused-ring (bicyclic) bond motifs is 1. The van der Waals surface area contributed by atoms with Crippen LogP contribution in [0.2, 0.25) is 5.02 Å². The Morgan fingerprint density at radius 3 is 2.59 bits per heavy atom. The maximum atomic E-state index is 12.2. The SMILES string of the molecule is CCOC(=O)c1oc2ccc(C)cc2c1-c1ccc(Cl)cc1. The molecule has 0 aliphatic heterocycles. The van der Waals surface area contributed by atoms with Gasteiger partial charge >= 0.3 is 5.97 Å². The third-order valence-electron chi connectivity index (χ3n) is 3.44. The average molecular weight is 315 g/mol. The lowest BCUT2D eigenvalue weighted by atomic mass is 10.0. The molecule has 0 saturated heterocycles. The number of rotatable bonds is 3. The fourth-order valence-electron chi connectivity index (χ4n) is 2.46. The summed E-state index contributed by atoms with van der Waals surface area (Å²) in [5.74, 6) is -0.230. The van der Waals surface area contributed by atoms with Gasteiger partial charge in [0.25, 0.3) is 0 Å². The van der Waals surface area contributed by atoms with E-state index in [0.717, 1.165) is 22.1 Å². The van der Waals surface area contributed by atoms with E-state index < -0.39 is 5.97 Å². The van der Waals surface area contributed by atoms with Gasteiger partial charge in [-0.3, -0.25) is 0 Å². The Kier molecular flexibility index (Phi) is 3.90. The molecule has 0 unspecified atom stereocenters. The first-order chi connectivity index (χ1) is 10.6. The largest absolute Gasteiger partial charge is 0.460 e. The van der Waals surface area contributed by atoms with E-state index in [4.69, 9.17) is 20.8 Å². The van der Waals surface area contributed by atoms with Crippen molar-refractivity contribution in [3.63, 3.8) is 0 Å². The van der Waals surface area contributed by atoms with E-state index in [1.807, 2.05) is 37.3 Å². The maximum absolute atomic E-state index is 12.2. The van der Waals surface area contributed by atoms with Gasteiger partial charge in [-0.15, -0.1) is 0 Å². The quantitative estimate of drug-likeness (QED) is 0.621. The number of ether oxygens (including phenoxy) is 1. The van der Waals surface area contributed by atoms with E-state index in [1.54, 1.807) is 19.1 Å². The van der Waals surface area contributed by atoms with Crippen molar-refractivity contribution in [2.75, 3.05) is 6.61 Å². The number of benzene rings is 2. The zero-order valence-electron chi connectivity index (χ0n) is 12.4. The Balaban J connectivity index is 2.27. The normalized spacial score (nSPS) is 10.9. The molecular formula is C18H15ClO3. The van der Waals surface area contributed by atoms with Gasteiger partial charge in [0.2, 0.25) is 5.76 Å². The molecule has 0 aliphatic carbocycles. The average Bonchev–Trinajstić information content (AvgIpc) is 2.87. The lowest BCUT2D eigenvalue weighted by molar-refractivity contribution is 0.0494. The number of aryl methyl sites for hydroxylation is 1. The third kappa shape index (κ3) is 2.60. The molecule has 0 amide bonds. The van der Waals surface area contributed by atoms with Crippen LogP contribution in [0.5, 0.6) is 0 Å². The van der Waals surface area contributed by atoms with Crippen molar-refractivity contribution in [3.8, 4) is 11.1 Å². The smallest absolute Gasteiger partial charge is 0.374 e. The summed E-state index contributed by atoms with van der Waals surface area (Å²) in [4.78, 5) is 12.2. The summed E-state index contributed by atoms with van der Waals surface area (Å²) in [5.41, 5.74) is 3.38. The molecule has 22 heavy (non-hydrogen) atoms. The van der Waals surface area contributed by atoms with Gasteiger partial charge < -0.3 is 9.15 Å². The van der Waals surface area contributed by atoms with E-state index in [-0.39, 0.29) is 5.76 Å². The Labute approximate surface area is 133 Å². The minimum Gasteiger partial charge on any atom is -0.460 e. The molecule has 1 aromatic heterocycles. The summed E-state index contributed by atoms with van der Waals surface area (Å²) in [7, 11) is 0. The lowest BCUT2D eigenvalue weighted by Crippen LogP contribution is -2.04. The Morgan fingerprint density at radius 1 is 1.18 bits per heavy atom. The first kappa shape index (κ1) is 14.7. The van der Waals surface area contributed by atoms with Crippen molar-refractivity contribution in [2.24, 2.45) is 0 Å². The standard InChI is InChI=1S/C18H15ClO3/c1-3-21-18(20)17-16(12-5-7-13(19)8-6-12)14-10-11(2)4-9-15(14)22-17/h4-10H,3H2,1-2H3. The lowest BCUT2D eigenvalue weighted by Gasteiger charge is -2.04. The fraction of sp³-hybridized carbons (Fsp3) is 0.167. The highest BCUT2D eigenvalue weighted by Crippen LogP contribution is 2.36. The van der Waals surface area contributed by atoms with Crippen LogP contribution in [-0.2, 0) is 4.74 Å². The molecule has 0 fully saturated rings. The number of esters is 1. The van der Waals surface area contributed by atoms with Crippen LogP contribution >= 0.6 is 11.6 Å². The van der Waals surface area contributed by atoms with Gasteiger partial charge in [-0.25, -0.2) is 4.79 Å². The molecule has 3 rings (SSSR count). The summed E-state index contributed by atoms with van der Waals surface area (Å²) >= 11 is 5.95. The Hall–Kier alpha value is -2.26. The first-order valence-electron chi connectivity index (χ1n) is 7.06. The van der Waals surface area contributed by atoms with Crippen LogP contribution in [0.15, 0.2) is 46.9 Å². The van der Waals surface area contributed by atoms with E-state index >= 15 is 0 Å². The van der Waals surface area contributed by atoms with Crippen molar-refractivity contribution >= 4 is 28.5 Å². The second-order valence-corrected chi connectivity index (χ2v) is 5.47. The summed E-state index contributed by atoms with van der Waals surface area (Å²) in [6.07, 6.45) is 0. The summed E-state index contributed by atoms with van der Waals surface area (Å²) < 4.78 is 10.9. The molecule has 0 spiro atoms. The molecule has 0 saturated carbocycles. The molecular weight excluding hydrogens is 300 g/mol. The van der Waals surface area contributed by atoms with Crippen LogP contribution in [0.25, 0.3) is 22.1 Å². The molecule has 3 aromatic rings. The van der Waals surface area contributed by atoms with Gasteiger partial charge in [0.15, 0.2) is 0 Å². The highest BCUT2D eigenvalue weighted by atomic mass is 35.5.